The number of nitrogens with zero attached hydrogens (tertiary/aromatic N) is 1. The number of benzene rings is 6. The molecule has 6 aromatic carbocycles. The Morgan fingerprint density at radius 2 is 1.20 bits per heavy atom. The highest BCUT2D eigenvalue weighted by Gasteiger charge is 2.52. The summed E-state index contributed by atoms with van der Waals surface area (Å²) >= 11 is 0. The zero-order chi connectivity index (χ0) is 66.0. The smallest absolute Gasteiger partial charge is 0.338 e. The van der Waals surface area contributed by atoms with E-state index in [0.717, 1.165) is 16.7 Å². The average Bonchev–Trinajstić information content (AvgIpc) is 0.897. The molecular weight excluding hydrogens is 1200 g/mol. The number of rotatable bonds is 34. The Hall–Kier alpha value is -9.37. The number of hydrazine groups is 2. The van der Waals surface area contributed by atoms with Gasteiger partial charge in [0.25, 0.3) is 0 Å². The summed E-state index contributed by atoms with van der Waals surface area (Å²) in [6.07, 6.45) is -3.00. The molecule has 11 N–H and O–H groups in total. The molecule has 24 nitrogen and oxygen atoms in total. The minimum Gasteiger partial charge on any atom is -0.497 e. The molecule has 24 heteroatoms. The second kappa shape index (κ2) is 35.4. The van der Waals surface area contributed by atoms with Gasteiger partial charge in [-0.15, -0.1) is 0 Å². The van der Waals surface area contributed by atoms with Crippen LogP contribution in [0, 0.1) is 0 Å². The zero-order valence-electron chi connectivity index (χ0n) is 52.2. The molecule has 0 aliphatic carbocycles. The highest BCUT2D eigenvalue weighted by Crippen LogP contribution is 2.43. The third-order valence-electron chi connectivity index (χ3n) is 15.3. The number of aliphatic hydroxyl groups is 1. The van der Waals surface area contributed by atoms with E-state index in [1.165, 1.54) is 18.1 Å². The van der Waals surface area contributed by atoms with Crippen molar-refractivity contribution in [1.29, 1.82) is 0 Å². The third-order valence-corrected chi connectivity index (χ3v) is 15.3. The Balaban J connectivity index is 0.775. The first kappa shape index (κ1) is 69.5. The number of amides is 2. The summed E-state index contributed by atoms with van der Waals surface area (Å²) in [4.78, 5) is 66.4. The number of unbranched alkanes of at least 4 members (excludes halogenated alkanes) is 1. The van der Waals surface area contributed by atoms with Crippen LogP contribution in [0.15, 0.2) is 194 Å². The Morgan fingerprint density at radius 3 is 1.76 bits per heavy atom. The molecule has 8 rings (SSSR count). The van der Waals surface area contributed by atoms with Crippen LogP contribution in [-0.2, 0) is 53.1 Å². The molecule has 0 spiro atoms. The monoisotopic (exact) mass is 1280 g/mol. The number of hydrogen-bond donors (Lipinski definition) is 8. The fourth-order valence-electron chi connectivity index (χ4n) is 10.5. The molecule has 2 heterocycles. The molecule has 0 aromatic heterocycles. The third kappa shape index (κ3) is 19.8. The predicted molar refractivity (Wildman–Crippen MR) is 342 cm³/mol. The van der Waals surface area contributed by atoms with Crippen molar-refractivity contribution in [3.8, 4) is 11.5 Å². The molecule has 0 saturated carbocycles. The Labute approximate surface area is 540 Å². The topological polar surface area (TPSA) is 327 Å². The van der Waals surface area contributed by atoms with E-state index in [2.05, 4.69) is 21.4 Å². The number of aliphatic hydroxyl groups excluding tert-OH is 1. The Morgan fingerprint density at radius 1 is 0.656 bits per heavy atom. The lowest BCUT2D eigenvalue weighted by Crippen LogP contribution is -2.66. The van der Waals surface area contributed by atoms with Crippen molar-refractivity contribution >= 4 is 29.7 Å². The van der Waals surface area contributed by atoms with Crippen LogP contribution in [0.3, 0.4) is 0 Å². The van der Waals surface area contributed by atoms with Crippen LogP contribution in [0.1, 0.15) is 86.8 Å². The normalized spacial score (nSPS) is 19.7. The van der Waals surface area contributed by atoms with Crippen LogP contribution in [0.5, 0.6) is 11.5 Å². The number of ether oxygens (including phenoxy) is 10. The predicted octanol–water partition coefficient (Wildman–Crippen LogP) is 5.61. The van der Waals surface area contributed by atoms with Crippen molar-refractivity contribution in [2.45, 2.75) is 93.7 Å². The van der Waals surface area contributed by atoms with Gasteiger partial charge in [-0.3, -0.25) is 20.4 Å². The van der Waals surface area contributed by atoms with Gasteiger partial charge in [0, 0.05) is 51.9 Å². The summed E-state index contributed by atoms with van der Waals surface area (Å²) in [6.45, 7) is 1.72. The van der Waals surface area contributed by atoms with Crippen LogP contribution in [0.25, 0.3) is 0 Å². The van der Waals surface area contributed by atoms with Crippen molar-refractivity contribution in [1.82, 2.24) is 26.4 Å². The number of nitrogens with one attached hydrogen (secondary N) is 4. The maximum atomic E-state index is 13.8. The van der Waals surface area contributed by atoms with Gasteiger partial charge in [0.1, 0.15) is 48.2 Å². The molecule has 0 bridgehead atoms. The molecule has 2 aliphatic heterocycles. The molecule has 93 heavy (non-hydrogen) atoms. The van der Waals surface area contributed by atoms with Crippen molar-refractivity contribution in [3.63, 3.8) is 0 Å². The summed E-state index contributed by atoms with van der Waals surface area (Å²) in [5.41, 5.74) is 11.7. The van der Waals surface area contributed by atoms with E-state index in [1.54, 1.807) is 111 Å². The minimum absolute atomic E-state index is 0.00417. The van der Waals surface area contributed by atoms with Crippen LogP contribution >= 0.6 is 0 Å². The summed E-state index contributed by atoms with van der Waals surface area (Å²) in [5, 5.41) is 21.4. The minimum atomic E-state index is -1.42. The van der Waals surface area contributed by atoms with E-state index >= 15 is 0 Å². The second-order valence-corrected chi connectivity index (χ2v) is 21.9. The molecule has 8 atom stereocenters. The van der Waals surface area contributed by atoms with Crippen molar-refractivity contribution in [2.75, 3.05) is 60.3 Å². The van der Waals surface area contributed by atoms with E-state index in [0.29, 0.717) is 49.5 Å². The summed E-state index contributed by atoms with van der Waals surface area (Å²) in [6, 6.07) is 48.4. The van der Waals surface area contributed by atoms with Crippen LogP contribution in [-0.4, -0.2) is 149 Å². The molecule has 0 radical (unpaired) electrons. The largest absolute Gasteiger partial charge is 0.497 e. The maximum Gasteiger partial charge on any atom is 0.338 e. The SMILES string of the molecule is COc1ccc(C(OC[C@H]2O[C@@H](N(N)/C=C(\N)COC/C(=C/NCCCNC(=O)CCCCO[C@@H]3O[C@H](COC(=O)c4ccccc4)[C@H](OC(=O)c4ccccc4)[C@H](OC(=O)c4ccccc4)[C@H]3NC(C)=O)NN)CC2O)(c2ccccc2)c2ccc(OC)cc2)cc1. The molecule has 494 valence electrons. The zero-order valence-corrected chi connectivity index (χ0v) is 52.2. The number of carbonyl (C=O) groups excluding carboxylic acids is 5. The van der Waals surface area contributed by atoms with E-state index in [1.807, 2.05) is 78.9 Å². The van der Waals surface area contributed by atoms with E-state index in [9.17, 15) is 29.1 Å². The summed E-state index contributed by atoms with van der Waals surface area (Å²) < 4.78 is 60.5. The fraction of sp³-hybridized carbons (Fsp3) is 0.348. The van der Waals surface area contributed by atoms with Gasteiger partial charge in [-0.1, -0.05) is 109 Å². The standard InChI is InChI=1S/C69H82N8O16/c1-46(78)75-62-64(93-67(83)49-23-12-6-13-24-49)63(92-66(82)48-21-10-5-11-22-48)59(44-88-65(81)47-19-8-4-9-20-47)91-68(62)87-38-17-16-27-60(80)74-37-18-36-73-40-54(76-71)43-86-42-53(70)41-77(72)61-39-57(79)58(90-61)45-89-69(50-25-14-7-15-26-50,51-28-32-55(84-2)33-29-51)52-30-34-56(85-3)35-31-52/h4-15,19-26,28-35,40-41,57-59,61-64,68,73,76,79H,16-18,27,36-39,42-45,70-72H2,1-3H3,(H,74,80)(H,75,78)/b53-41-,54-40-/t57?,58-,59-,61-,62-,63+,64-,68-/m1/s1. The van der Waals surface area contributed by atoms with Gasteiger partial charge < -0.3 is 79.6 Å². The van der Waals surface area contributed by atoms with Crippen LogP contribution in [0.4, 0.5) is 0 Å². The van der Waals surface area contributed by atoms with Gasteiger partial charge >= 0.3 is 17.9 Å². The van der Waals surface area contributed by atoms with Crippen molar-refractivity contribution < 1.29 is 76.4 Å². The Bertz CT molecular complexity index is 3320. The molecular formula is C69H82N8O16. The number of hydrogen-bond acceptors (Lipinski definition) is 22. The molecule has 2 fully saturated rings. The second-order valence-electron chi connectivity index (χ2n) is 21.9. The lowest BCUT2D eigenvalue weighted by Gasteiger charge is -2.45. The highest BCUT2D eigenvalue weighted by molar-refractivity contribution is 5.91. The van der Waals surface area contributed by atoms with Crippen molar-refractivity contribution in [2.24, 2.45) is 17.4 Å². The summed E-state index contributed by atoms with van der Waals surface area (Å²) in [5.74, 6) is 10.6. The van der Waals surface area contributed by atoms with Gasteiger partial charge in [-0.2, -0.15) is 0 Å². The van der Waals surface area contributed by atoms with E-state index in [4.69, 9.17) is 64.8 Å². The molecule has 1 unspecified atom stereocenters. The van der Waals surface area contributed by atoms with Crippen LogP contribution < -0.4 is 48.3 Å². The van der Waals surface area contributed by atoms with Gasteiger partial charge in [-0.25, -0.2) is 20.2 Å². The lowest BCUT2D eigenvalue weighted by atomic mass is 9.80. The number of esters is 3. The lowest BCUT2D eigenvalue weighted by molar-refractivity contribution is -0.269. The molecule has 2 aliphatic rings. The maximum absolute atomic E-state index is 13.8. The molecule has 2 saturated heterocycles. The van der Waals surface area contributed by atoms with Crippen LogP contribution in [0.2, 0.25) is 0 Å². The first-order valence-electron chi connectivity index (χ1n) is 30.5. The quantitative estimate of drug-likeness (QED) is 0.00608. The van der Waals surface area contributed by atoms with E-state index < -0.39 is 85.1 Å². The first-order chi connectivity index (χ1) is 45.2. The van der Waals surface area contributed by atoms with Gasteiger partial charge in [0.15, 0.2) is 18.5 Å². The van der Waals surface area contributed by atoms with E-state index in [-0.39, 0.29) is 67.6 Å². The highest BCUT2D eigenvalue weighted by atomic mass is 16.7. The number of methoxy groups -OCH3 is 2. The summed E-state index contributed by atoms with van der Waals surface area (Å²) in [7, 11) is 3.22. The van der Waals surface area contributed by atoms with Gasteiger partial charge in [0.05, 0.1) is 68.2 Å². The fourth-order valence-corrected chi connectivity index (χ4v) is 10.5. The van der Waals surface area contributed by atoms with Crippen molar-refractivity contribution in [3.05, 3.63) is 227 Å². The van der Waals surface area contributed by atoms with Gasteiger partial charge in [0.2, 0.25) is 11.8 Å². The molecule has 6 aromatic rings. The first-order valence-corrected chi connectivity index (χ1v) is 30.5. The average molecular weight is 1280 g/mol. The number of nitrogens with two attached hydrogens (primary N) is 3. The van der Waals surface area contributed by atoms with Gasteiger partial charge in [-0.05, 0) is 96.6 Å². The molecule has 2 amide bonds. The number of carbonyl (C=O) groups is 5. The Kier molecular flexibility index (Phi) is 26.5.